The van der Waals surface area contributed by atoms with E-state index in [1.54, 1.807) is 0 Å². The summed E-state index contributed by atoms with van der Waals surface area (Å²) in [6.07, 6.45) is 2.12. The lowest BCUT2D eigenvalue weighted by Gasteiger charge is -2.26. The van der Waals surface area contributed by atoms with E-state index in [1.165, 1.54) is 0 Å². The lowest BCUT2D eigenvalue weighted by atomic mass is 10.0. The van der Waals surface area contributed by atoms with Crippen molar-refractivity contribution in [2.24, 2.45) is 5.92 Å². The molecule has 1 N–H and O–H groups in total. The van der Waals surface area contributed by atoms with Crippen LogP contribution in [0.5, 0.6) is 0 Å². The van der Waals surface area contributed by atoms with Crippen molar-refractivity contribution in [2.45, 2.75) is 25.8 Å². The van der Waals surface area contributed by atoms with E-state index in [0.717, 1.165) is 12.8 Å². The third kappa shape index (κ3) is 2.75. The number of hydrogen-bond acceptors (Lipinski definition) is 3. The van der Waals surface area contributed by atoms with Crippen LogP contribution in [0.2, 0.25) is 0 Å². The summed E-state index contributed by atoms with van der Waals surface area (Å²) in [6.45, 7) is 2.12. The van der Waals surface area contributed by atoms with Gasteiger partial charge in [-0.2, -0.15) is 0 Å². The van der Waals surface area contributed by atoms with Crippen molar-refractivity contribution < 1.29 is 8.42 Å². The summed E-state index contributed by atoms with van der Waals surface area (Å²) in [5.74, 6) is 1.28. The van der Waals surface area contributed by atoms with Crippen molar-refractivity contribution in [3.8, 4) is 0 Å². The summed E-state index contributed by atoms with van der Waals surface area (Å²) in [6, 6.07) is 0.508. The summed E-state index contributed by atoms with van der Waals surface area (Å²) in [4.78, 5) is 0. The average molecular weight is 191 g/mol. The van der Waals surface area contributed by atoms with E-state index in [0.29, 0.717) is 23.5 Å². The molecule has 0 aromatic heterocycles. The number of rotatable bonds is 4. The van der Waals surface area contributed by atoms with E-state index in [9.17, 15) is 8.42 Å². The van der Waals surface area contributed by atoms with Crippen LogP contribution in [0.15, 0.2) is 0 Å². The molecule has 0 amide bonds. The van der Waals surface area contributed by atoms with Crippen molar-refractivity contribution in [1.82, 2.24) is 5.32 Å². The SMILES string of the molecule is CNC(C)CCC1CS(=O)(=O)C1. The Balaban J connectivity index is 2.12. The van der Waals surface area contributed by atoms with Crippen LogP contribution in [-0.4, -0.2) is 33.0 Å². The zero-order chi connectivity index (χ0) is 9.19. The molecule has 0 radical (unpaired) electrons. The van der Waals surface area contributed by atoms with Crippen LogP contribution in [-0.2, 0) is 9.84 Å². The third-order valence-electron chi connectivity index (χ3n) is 2.48. The van der Waals surface area contributed by atoms with Gasteiger partial charge in [0.2, 0.25) is 0 Å². The van der Waals surface area contributed by atoms with Gasteiger partial charge in [-0.1, -0.05) is 0 Å². The Morgan fingerprint density at radius 3 is 2.50 bits per heavy atom. The fourth-order valence-electron chi connectivity index (χ4n) is 1.47. The first-order valence-corrected chi connectivity index (χ1v) is 6.23. The van der Waals surface area contributed by atoms with E-state index in [1.807, 2.05) is 7.05 Å². The van der Waals surface area contributed by atoms with Crippen LogP contribution in [0, 0.1) is 5.92 Å². The molecule has 4 heteroatoms. The Bertz CT molecular complexity index is 223. The Morgan fingerprint density at radius 1 is 1.50 bits per heavy atom. The molecule has 1 aliphatic rings. The molecular weight excluding hydrogens is 174 g/mol. The second kappa shape index (κ2) is 3.75. The van der Waals surface area contributed by atoms with Crippen molar-refractivity contribution in [3.05, 3.63) is 0 Å². The van der Waals surface area contributed by atoms with Crippen molar-refractivity contribution in [2.75, 3.05) is 18.6 Å². The summed E-state index contributed by atoms with van der Waals surface area (Å²) >= 11 is 0. The Kier molecular flexibility index (Phi) is 3.12. The van der Waals surface area contributed by atoms with Crippen LogP contribution in [0.25, 0.3) is 0 Å². The van der Waals surface area contributed by atoms with Gasteiger partial charge in [0.25, 0.3) is 0 Å². The fraction of sp³-hybridized carbons (Fsp3) is 1.00. The molecular formula is C8H17NO2S. The number of hydrogen-bond donors (Lipinski definition) is 1. The fourth-order valence-corrected chi connectivity index (χ4v) is 3.14. The summed E-state index contributed by atoms with van der Waals surface area (Å²) in [7, 11) is -0.673. The zero-order valence-electron chi connectivity index (χ0n) is 7.71. The Morgan fingerprint density at radius 2 is 2.08 bits per heavy atom. The second-order valence-electron chi connectivity index (χ2n) is 3.71. The monoisotopic (exact) mass is 191 g/mol. The van der Waals surface area contributed by atoms with E-state index >= 15 is 0 Å². The molecule has 3 nitrogen and oxygen atoms in total. The quantitative estimate of drug-likeness (QED) is 0.700. The van der Waals surface area contributed by atoms with Crippen LogP contribution in [0.4, 0.5) is 0 Å². The first-order valence-electron chi connectivity index (χ1n) is 4.41. The molecule has 12 heavy (non-hydrogen) atoms. The highest BCUT2D eigenvalue weighted by Crippen LogP contribution is 2.23. The van der Waals surface area contributed by atoms with Gasteiger partial charge in [-0.05, 0) is 32.7 Å². The Labute approximate surface area is 74.5 Å². The van der Waals surface area contributed by atoms with Gasteiger partial charge < -0.3 is 5.32 Å². The van der Waals surface area contributed by atoms with Crippen molar-refractivity contribution in [1.29, 1.82) is 0 Å². The second-order valence-corrected chi connectivity index (χ2v) is 5.86. The highest BCUT2D eigenvalue weighted by molar-refractivity contribution is 7.92. The number of nitrogens with one attached hydrogen (secondary N) is 1. The molecule has 0 aromatic carbocycles. The van der Waals surface area contributed by atoms with Gasteiger partial charge in [0, 0.05) is 6.04 Å². The van der Waals surface area contributed by atoms with Crippen LogP contribution < -0.4 is 5.32 Å². The minimum atomic E-state index is -2.61. The molecule has 1 rings (SSSR count). The first-order chi connectivity index (χ1) is 5.53. The maximum Gasteiger partial charge on any atom is 0.150 e. The van der Waals surface area contributed by atoms with E-state index in [-0.39, 0.29) is 0 Å². The highest BCUT2D eigenvalue weighted by atomic mass is 32.2. The minimum Gasteiger partial charge on any atom is -0.317 e. The van der Waals surface area contributed by atoms with Crippen LogP contribution in [0.1, 0.15) is 19.8 Å². The molecule has 0 aromatic rings. The van der Waals surface area contributed by atoms with Crippen molar-refractivity contribution >= 4 is 9.84 Å². The summed E-state index contributed by atoms with van der Waals surface area (Å²) in [5, 5.41) is 3.14. The maximum absolute atomic E-state index is 10.8. The predicted molar refractivity (Wildman–Crippen MR) is 49.9 cm³/mol. The maximum atomic E-state index is 10.8. The first kappa shape index (κ1) is 9.99. The summed E-state index contributed by atoms with van der Waals surface area (Å²) in [5.41, 5.74) is 0. The predicted octanol–water partition coefficient (Wildman–Crippen LogP) is 0.419. The molecule has 0 saturated carbocycles. The molecule has 0 spiro atoms. The summed E-state index contributed by atoms with van der Waals surface area (Å²) < 4.78 is 21.6. The largest absolute Gasteiger partial charge is 0.317 e. The van der Waals surface area contributed by atoms with Crippen molar-refractivity contribution in [3.63, 3.8) is 0 Å². The topological polar surface area (TPSA) is 46.2 Å². The highest BCUT2D eigenvalue weighted by Gasteiger charge is 2.32. The van der Waals surface area contributed by atoms with Gasteiger partial charge in [-0.3, -0.25) is 0 Å². The van der Waals surface area contributed by atoms with E-state index in [4.69, 9.17) is 0 Å². The lowest BCUT2D eigenvalue weighted by molar-refractivity contribution is 0.445. The third-order valence-corrected chi connectivity index (χ3v) is 4.44. The molecule has 0 bridgehead atoms. The molecule has 72 valence electrons. The van der Waals surface area contributed by atoms with Gasteiger partial charge in [0.15, 0.2) is 9.84 Å². The molecule has 1 heterocycles. The van der Waals surface area contributed by atoms with Crippen LogP contribution in [0.3, 0.4) is 0 Å². The zero-order valence-corrected chi connectivity index (χ0v) is 8.52. The molecule has 1 aliphatic heterocycles. The van der Waals surface area contributed by atoms with Gasteiger partial charge in [-0.15, -0.1) is 0 Å². The Hall–Kier alpha value is -0.0900. The normalized spacial score (nSPS) is 24.8. The lowest BCUT2D eigenvalue weighted by Crippen LogP contribution is -2.37. The van der Waals surface area contributed by atoms with E-state index in [2.05, 4.69) is 12.2 Å². The molecule has 1 saturated heterocycles. The average Bonchev–Trinajstić information content (AvgIpc) is 1.96. The van der Waals surface area contributed by atoms with Gasteiger partial charge >= 0.3 is 0 Å². The number of sulfone groups is 1. The standard InChI is InChI=1S/C8H17NO2S/c1-7(9-2)3-4-8-5-12(10,11)6-8/h7-9H,3-6H2,1-2H3. The molecule has 1 atom stereocenters. The van der Waals surface area contributed by atoms with Gasteiger partial charge in [0.1, 0.15) is 0 Å². The smallest absolute Gasteiger partial charge is 0.150 e. The molecule has 1 fully saturated rings. The molecule has 1 unspecified atom stereocenters. The van der Waals surface area contributed by atoms with Gasteiger partial charge in [-0.25, -0.2) is 8.42 Å². The molecule has 0 aliphatic carbocycles. The van der Waals surface area contributed by atoms with Gasteiger partial charge in [0.05, 0.1) is 11.5 Å². The van der Waals surface area contributed by atoms with Crippen LogP contribution >= 0.6 is 0 Å². The van der Waals surface area contributed by atoms with E-state index < -0.39 is 9.84 Å². The minimum absolute atomic E-state index is 0.420.